The molecule has 0 aliphatic rings. The number of aromatic nitrogens is 4. The van der Waals surface area contributed by atoms with Crippen LogP contribution in [0, 0.1) is 0 Å². The van der Waals surface area contributed by atoms with Gasteiger partial charge in [-0.3, -0.25) is 4.98 Å². The third-order valence-corrected chi connectivity index (χ3v) is 3.84. The molecule has 0 aliphatic carbocycles. The largest absolute Gasteiger partial charge is 0.264 e. The molecule has 2 heterocycles. The minimum absolute atomic E-state index is 0.327. The molecule has 27 heavy (non-hydrogen) atoms. The molecule has 0 unspecified atom stereocenters. The monoisotopic (exact) mass is 352 g/mol. The minimum Gasteiger partial charge on any atom is -0.264 e. The van der Waals surface area contributed by atoms with Crippen LogP contribution in [0.2, 0.25) is 0 Å². The van der Waals surface area contributed by atoms with Gasteiger partial charge in [-0.15, -0.1) is 10.2 Å². The van der Waals surface area contributed by atoms with Crippen molar-refractivity contribution in [2.75, 3.05) is 5.43 Å². The lowest BCUT2D eigenvalue weighted by molar-refractivity contribution is 0.973. The highest BCUT2D eigenvalue weighted by Gasteiger charge is 2.13. The Labute approximate surface area is 156 Å². The van der Waals surface area contributed by atoms with E-state index in [1.807, 2.05) is 72.8 Å². The Morgan fingerprint density at radius 3 is 2.11 bits per heavy atom. The summed E-state index contributed by atoms with van der Waals surface area (Å²) in [7, 11) is 0. The van der Waals surface area contributed by atoms with E-state index in [-0.39, 0.29) is 0 Å². The maximum Gasteiger partial charge on any atom is 0.263 e. The summed E-state index contributed by atoms with van der Waals surface area (Å²) >= 11 is 0. The molecule has 0 spiro atoms. The number of nitrogens with zero attached hydrogens (tertiary/aromatic N) is 5. The van der Waals surface area contributed by atoms with Gasteiger partial charge in [-0.25, -0.2) is 10.4 Å². The number of benzene rings is 2. The van der Waals surface area contributed by atoms with Crippen LogP contribution in [-0.4, -0.2) is 26.4 Å². The molecule has 4 aromatic rings. The topological polar surface area (TPSA) is 76.0 Å². The van der Waals surface area contributed by atoms with Gasteiger partial charge in [0.05, 0.1) is 6.21 Å². The lowest BCUT2D eigenvalue weighted by Gasteiger charge is -2.09. The molecule has 0 amide bonds. The summed E-state index contributed by atoms with van der Waals surface area (Å²) in [6.07, 6.45) is 5.09. The Bertz CT molecular complexity index is 1030. The predicted octanol–water partition coefficient (Wildman–Crippen LogP) is 4.05. The van der Waals surface area contributed by atoms with Crippen LogP contribution in [-0.2, 0) is 0 Å². The fourth-order valence-corrected chi connectivity index (χ4v) is 2.58. The van der Waals surface area contributed by atoms with Crippen LogP contribution >= 0.6 is 0 Å². The third kappa shape index (κ3) is 4.01. The van der Waals surface area contributed by atoms with Crippen molar-refractivity contribution in [3.63, 3.8) is 0 Å². The van der Waals surface area contributed by atoms with E-state index in [9.17, 15) is 0 Å². The molecular formula is C21H16N6. The van der Waals surface area contributed by atoms with Crippen molar-refractivity contribution >= 4 is 12.2 Å². The van der Waals surface area contributed by atoms with Crippen molar-refractivity contribution in [2.24, 2.45) is 5.10 Å². The second kappa shape index (κ2) is 7.97. The average Bonchev–Trinajstić information content (AvgIpc) is 2.76. The molecule has 0 fully saturated rings. The minimum atomic E-state index is 0.327. The highest BCUT2D eigenvalue weighted by molar-refractivity contribution is 5.80. The maximum absolute atomic E-state index is 4.64. The van der Waals surface area contributed by atoms with E-state index in [2.05, 4.69) is 30.7 Å². The highest BCUT2D eigenvalue weighted by Crippen LogP contribution is 2.28. The van der Waals surface area contributed by atoms with Gasteiger partial charge in [0.2, 0.25) is 0 Å². The van der Waals surface area contributed by atoms with Gasteiger partial charge in [0, 0.05) is 29.1 Å². The normalized spacial score (nSPS) is 10.8. The van der Waals surface area contributed by atoms with E-state index in [1.54, 1.807) is 18.6 Å². The SMILES string of the molecule is C(=N/Nc1nnc(-c2ccccc2)c(-c2ccccc2)n1)/c1cccnc1. The zero-order chi connectivity index (χ0) is 18.3. The maximum atomic E-state index is 4.64. The molecule has 4 rings (SSSR count). The molecule has 2 aromatic heterocycles. The molecule has 6 nitrogen and oxygen atoms in total. The summed E-state index contributed by atoms with van der Waals surface area (Å²) in [6.45, 7) is 0. The molecular weight excluding hydrogens is 336 g/mol. The molecule has 0 atom stereocenters. The van der Waals surface area contributed by atoms with E-state index in [1.165, 1.54) is 0 Å². The van der Waals surface area contributed by atoms with Gasteiger partial charge in [-0.2, -0.15) is 5.10 Å². The standard InChI is InChI=1S/C21H16N6/c1-3-9-17(10-4-1)19-20(18-11-5-2-6-12-18)25-27-21(24-19)26-23-15-16-8-7-13-22-14-16/h1-15H,(H,24,26,27)/b23-15-. The Morgan fingerprint density at radius 2 is 1.44 bits per heavy atom. The first-order valence-corrected chi connectivity index (χ1v) is 8.45. The number of hydrazone groups is 1. The lowest BCUT2D eigenvalue weighted by atomic mass is 10.0. The number of hydrogen-bond donors (Lipinski definition) is 1. The first-order chi connectivity index (χ1) is 13.4. The summed E-state index contributed by atoms with van der Waals surface area (Å²) in [5.74, 6) is 0.327. The molecule has 6 heteroatoms. The number of nitrogens with one attached hydrogen (secondary N) is 1. The van der Waals surface area contributed by atoms with Crippen LogP contribution in [0.25, 0.3) is 22.5 Å². The molecule has 0 saturated heterocycles. The van der Waals surface area contributed by atoms with Crippen LogP contribution in [0.4, 0.5) is 5.95 Å². The van der Waals surface area contributed by atoms with Gasteiger partial charge in [0.25, 0.3) is 5.95 Å². The zero-order valence-corrected chi connectivity index (χ0v) is 14.4. The predicted molar refractivity (Wildman–Crippen MR) is 106 cm³/mol. The van der Waals surface area contributed by atoms with E-state index in [4.69, 9.17) is 0 Å². The third-order valence-electron chi connectivity index (χ3n) is 3.84. The van der Waals surface area contributed by atoms with Crippen LogP contribution < -0.4 is 5.43 Å². The van der Waals surface area contributed by atoms with E-state index in [0.29, 0.717) is 5.95 Å². The highest BCUT2D eigenvalue weighted by atomic mass is 15.4. The molecule has 2 aromatic carbocycles. The van der Waals surface area contributed by atoms with E-state index >= 15 is 0 Å². The zero-order valence-electron chi connectivity index (χ0n) is 14.4. The number of hydrogen-bond acceptors (Lipinski definition) is 6. The van der Waals surface area contributed by atoms with Crippen LogP contribution in [0.5, 0.6) is 0 Å². The van der Waals surface area contributed by atoms with Gasteiger partial charge in [-0.1, -0.05) is 66.7 Å². The number of anilines is 1. The smallest absolute Gasteiger partial charge is 0.263 e. The van der Waals surface area contributed by atoms with Crippen LogP contribution in [0.1, 0.15) is 5.56 Å². The van der Waals surface area contributed by atoms with Crippen molar-refractivity contribution in [1.29, 1.82) is 0 Å². The Balaban J connectivity index is 1.68. The molecule has 0 radical (unpaired) electrons. The quantitative estimate of drug-likeness (QED) is 0.433. The second-order valence-electron chi connectivity index (χ2n) is 5.72. The molecule has 0 bridgehead atoms. The second-order valence-corrected chi connectivity index (χ2v) is 5.72. The van der Waals surface area contributed by atoms with Crippen molar-refractivity contribution in [3.05, 3.63) is 90.8 Å². The Hall–Kier alpha value is -3.93. The lowest BCUT2D eigenvalue weighted by Crippen LogP contribution is -2.03. The van der Waals surface area contributed by atoms with Crippen molar-refractivity contribution in [3.8, 4) is 22.5 Å². The average molecular weight is 352 g/mol. The fraction of sp³-hybridized carbons (Fsp3) is 0. The molecule has 0 aliphatic heterocycles. The van der Waals surface area contributed by atoms with Crippen LogP contribution in [0.15, 0.2) is 90.3 Å². The molecule has 1 N–H and O–H groups in total. The summed E-state index contributed by atoms with van der Waals surface area (Å²) in [6, 6.07) is 23.6. The Kier molecular flexibility index (Phi) is 4.88. The Morgan fingerprint density at radius 1 is 0.741 bits per heavy atom. The summed E-state index contributed by atoms with van der Waals surface area (Å²) in [5, 5.41) is 12.7. The van der Waals surface area contributed by atoms with Crippen molar-refractivity contribution < 1.29 is 0 Å². The van der Waals surface area contributed by atoms with Gasteiger partial charge >= 0.3 is 0 Å². The van der Waals surface area contributed by atoms with E-state index in [0.717, 1.165) is 28.1 Å². The van der Waals surface area contributed by atoms with Gasteiger partial charge in [0.1, 0.15) is 11.4 Å². The van der Waals surface area contributed by atoms with Gasteiger partial charge in [0.15, 0.2) is 0 Å². The summed E-state index contributed by atoms with van der Waals surface area (Å²) in [5.41, 5.74) is 7.11. The van der Waals surface area contributed by atoms with Crippen LogP contribution in [0.3, 0.4) is 0 Å². The first kappa shape index (κ1) is 16.5. The van der Waals surface area contributed by atoms with E-state index < -0.39 is 0 Å². The molecule has 0 saturated carbocycles. The van der Waals surface area contributed by atoms with Crippen molar-refractivity contribution in [2.45, 2.75) is 0 Å². The molecule has 130 valence electrons. The first-order valence-electron chi connectivity index (χ1n) is 8.45. The summed E-state index contributed by atoms with van der Waals surface area (Å²) in [4.78, 5) is 8.68. The number of rotatable bonds is 5. The number of pyridine rings is 1. The summed E-state index contributed by atoms with van der Waals surface area (Å²) < 4.78 is 0. The van der Waals surface area contributed by atoms with Gasteiger partial charge < -0.3 is 0 Å². The van der Waals surface area contributed by atoms with Gasteiger partial charge in [-0.05, 0) is 6.07 Å². The fourth-order valence-electron chi connectivity index (χ4n) is 2.58. The van der Waals surface area contributed by atoms with Crippen molar-refractivity contribution in [1.82, 2.24) is 20.2 Å².